The van der Waals surface area contributed by atoms with E-state index in [-0.39, 0.29) is 5.82 Å². The van der Waals surface area contributed by atoms with E-state index in [1.54, 1.807) is 12.1 Å². The summed E-state index contributed by atoms with van der Waals surface area (Å²) in [6.45, 7) is 6.19. The second kappa shape index (κ2) is 9.03. The number of hydrogen-bond acceptors (Lipinski definition) is 7. The zero-order chi connectivity index (χ0) is 23.8. The molecule has 1 fully saturated rings. The van der Waals surface area contributed by atoms with Gasteiger partial charge < -0.3 is 9.80 Å². The number of piperidine rings is 1. The Hall–Kier alpha value is -3.51. The molecule has 9 heteroatoms. The highest BCUT2D eigenvalue weighted by molar-refractivity contribution is 7.16. The van der Waals surface area contributed by atoms with Gasteiger partial charge in [0, 0.05) is 37.5 Å². The summed E-state index contributed by atoms with van der Waals surface area (Å²) in [6, 6.07) is 8.31. The number of rotatable bonds is 5. The van der Waals surface area contributed by atoms with Crippen LogP contribution < -0.4 is 9.80 Å². The maximum atomic E-state index is 13.4. The molecule has 5 rings (SSSR count). The summed E-state index contributed by atoms with van der Waals surface area (Å²) >= 11 is 1.31. The van der Waals surface area contributed by atoms with Crippen molar-refractivity contribution in [3.8, 4) is 17.3 Å². The van der Waals surface area contributed by atoms with Crippen molar-refractivity contribution in [2.45, 2.75) is 39.5 Å². The molecule has 1 saturated heterocycles. The fraction of sp³-hybridized carbons (Fsp3) is 0.360. The third kappa shape index (κ3) is 3.88. The summed E-state index contributed by atoms with van der Waals surface area (Å²) in [5, 5.41) is 15.2. The van der Waals surface area contributed by atoms with Crippen LogP contribution in [-0.2, 0) is 6.42 Å². The lowest BCUT2D eigenvalue weighted by Crippen LogP contribution is -2.31. The number of nitriles is 1. The Labute approximate surface area is 202 Å². The predicted molar refractivity (Wildman–Crippen MR) is 133 cm³/mol. The molecule has 0 bridgehead atoms. The first-order valence-corrected chi connectivity index (χ1v) is 12.4. The van der Waals surface area contributed by atoms with Crippen molar-refractivity contribution >= 4 is 33.6 Å². The van der Waals surface area contributed by atoms with Gasteiger partial charge in [-0.2, -0.15) is 10.4 Å². The van der Waals surface area contributed by atoms with Crippen molar-refractivity contribution < 1.29 is 4.39 Å². The summed E-state index contributed by atoms with van der Waals surface area (Å²) < 4.78 is 15.3. The number of aromatic nitrogens is 4. The van der Waals surface area contributed by atoms with Crippen LogP contribution in [0.15, 0.2) is 30.5 Å². The van der Waals surface area contributed by atoms with E-state index in [1.165, 1.54) is 42.7 Å². The van der Waals surface area contributed by atoms with Gasteiger partial charge in [-0.25, -0.2) is 18.9 Å². The molecule has 1 aliphatic heterocycles. The summed E-state index contributed by atoms with van der Waals surface area (Å²) in [5.74, 6) is 0.688. The fourth-order valence-corrected chi connectivity index (χ4v) is 5.37. The number of fused-ring (bicyclic) bond motifs is 1. The van der Waals surface area contributed by atoms with Gasteiger partial charge in [-0.15, -0.1) is 0 Å². The lowest BCUT2D eigenvalue weighted by atomic mass is 10.1. The van der Waals surface area contributed by atoms with Crippen LogP contribution >= 0.6 is 11.3 Å². The van der Waals surface area contributed by atoms with E-state index in [1.807, 2.05) is 16.5 Å². The van der Waals surface area contributed by atoms with Crippen LogP contribution in [0.3, 0.4) is 0 Å². The number of nitrogens with zero attached hydrogens (tertiary/aromatic N) is 7. The normalized spacial score (nSPS) is 13.9. The van der Waals surface area contributed by atoms with Crippen molar-refractivity contribution in [2.24, 2.45) is 0 Å². The third-order valence-electron chi connectivity index (χ3n) is 6.26. The van der Waals surface area contributed by atoms with Crippen molar-refractivity contribution in [3.63, 3.8) is 0 Å². The largest absolute Gasteiger partial charge is 0.356 e. The molecular weight excluding hydrogens is 449 g/mol. The minimum absolute atomic E-state index is 0.320. The Morgan fingerprint density at radius 1 is 1.15 bits per heavy atom. The Morgan fingerprint density at radius 3 is 2.56 bits per heavy atom. The summed E-state index contributed by atoms with van der Waals surface area (Å²) in [5.41, 5.74) is 4.97. The zero-order valence-electron chi connectivity index (χ0n) is 19.5. The molecule has 34 heavy (non-hydrogen) atoms. The SMILES string of the molecule is CCc1nn2cc(C)c(N3CCCCC3)nc2c1N(C)c1nc(-c2ccc(F)cc2)c(C#N)s1. The Bertz CT molecular complexity index is 1380. The zero-order valence-corrected chi connectivity index (χ0v) is 20.4. The molecule has 4 aromatic rings. The molecule has 0 unspecified atom stereocenters. The van der Waals surface area contributed by atoms with Gasteiger partial charge >= 0.3 is 0 Å². The Morgan fingerprint density at radius 2 is 1.88 bits per heavy atom. The van der Waals surface area contributed by atoms with E-state index in [9.17, 15) is 9.65 Å². The first-order valence-electron chi connectivity index (χ1n) is 11.5. The molecule has 4 heterocycles. The summed E-state index contributed by atoms with van der Waals surface area (Å²) in [7, 11) is 1.94. The van der Waals surface area contributed by atoms with Crippen molar-refractivity contribution in [1.29, 1.82) is 5.26 Å². The molecule has 7 nitrogen and oxygen atoms in total. The fourth-order valence-electron chi connectivity index (χ4n) is 4.52. The van der Waals surface area contributed by atoms with Gasteiger partial charge in [0.15, 0.2) is 10.8 Å². The van der Waals surface area contributed by atoms with Gasteiger partial charge in [0.1, 0.15) is 34.0 Å². The van der Waals surface area contributed by atoms with E-state index >= 15 is 0 Å². The predicted octanol–water partition coefficient (Wildman–Crippen LogP) is 5.49. The van der Waals surface area contributed by atoms with Crippen LogP contribution in [0.4, 0.5) is 21.0 Å². The first-order chi connectivity index (χ1) is 16.5. The highest BCUT2D eigenvalue weighted by atomic mass is 32.1. The molecule has 1 aliphatic rings. The van der Waals surface area contributed by atoms with Crippen molar-refractivity contribution in [1.82, 2.24) is 19.6 Å². The topological polar surface area (TPSA) is 73.3 Å². The number of halogens is 1. The lowest BCUT2D eigenvalue weighted by Gasteiger charge is -2.29. The molecule has 0 aliphatic carbocycles. The maximum Gasteiger partial charge on any atom is 0.191 e. The van der Waals surface area contributed by atoms with E-state index in [0.717, 1.165) is 47.9 Å². The minimum atomic E-state index is -0.320. The van der Waals surface area contributed by atoms with Crippen molar-refractivity contribution in [3.05, 3.63) is 52.4 Å². The lowest BCUT2D eigenvalue weighted by molar-refractivity contribution is 0.572. The molecule has 0 radical (unpaired) electrons. The molecule has 3 aromatic heterocycles. The maximum absolute atomic E-state index is 13.4. The number of aryl methyl sites for hydroxylation is 2. The van der Waals surface area contributed by atoms with Gasteiger partial charge in [-0.3, -0.25) is 0 Å². The number of anilines is 3. The minimum Gasteiger partial charge on any atom is -0.356 e. The number of thiazole rings is 1. The van der Waals surface area contributed by atoms with Crippen LogP contribution in [0.1, 0.15) is 42.3 Å². The molecule has 0 atom stereocenters. The van der Waals surface area contributed by atoms with Crippen LogP contribution in [-0.4, -0.2) is 39.7 Å². The average Bonchev–Trinajstić information content (AvgIpc) is 3.45. The Balaban J connectivity index is 1.61. The second-order valence-corrected chi connectivity index (χ2v) is 9.54. The van der Waals surface area contributed by atoms with Crippen molar-refractivity contribution in [2.75, 3.05) is 29.9 Å². The average molecular weight is 476 g/mol. The van der Waals surface area contributed by atoms with Crippen LogP contribution in [0, 0.1) is 24.1 Å². The molecule has 174 valence electrons. The molecule has 0 spiro atoms. The monoisotopic (exact) mass is 475 g/mol. The highest BCUT2D eigenvalue weighted by Crippen LogP contribution is 2.38. The molecule has 0 N–H and O–H groups in total. The van der Waals surface area contributed by atoms with Crippen LogP contribution in [0.25, 0.3) is 16.9 Å². The van der Waals surface area contributed by atoms with E-state index in [0.29, 0.717) is 21.3 Å². The molecular formula is C25H26FN7S. The van der Waals surface area contributed by atoms with Gasteiger partial charge in [0.2, 0.25) is 0 Å². The van der Waals surface area contributed by atoms with Crippen LogP contribution in [0.2, 0.25) is 0 Å². The first kappa shape index (κ1) is 22.3. The standard InChI is InChI=1S/C25H26FN7S/c1-4-19-22(24-29-23(16(2)15-33(24)30-19)32-12-6-5-7-13-32)31(3)25-28-21(20(14-27)34-25)17-8-10-18(26)11-9-17/h8-11,15H,4-7,12-13H2,1-3H3. The second-order valence-electron chi connectivity index (χ2n) is 8.56. The van der Waals surface area contributed by atoms with Gasteiger partial charge in [-0.1, -0.05) is 18.3 Å². The van der Waals surface area contributed by atoms with Gasteiger partial charge in [0.05, 0.1) is 5.69 Å². The number of hydrogen-bond donors (Lipinski definition) is 0. The van der Waals surface area contributed by atoms with Crippen LogP contribution in [0.5, 0.6) is 0 Å². The molecule has 0 saturated carbocycles. The van der Waals surface area contributed by atoms with Gasteiger partial charge in [0.25, 0.3) is 0 Å². The molecule has 0 amide bonds. The van der Waals surface area contributed by atoms with E-state index < -0.39 is 0 Å². The summed E-state index contributed by atoms with van der Waals surface area (Å²) in [6.07, 6.45) is 6.42. The molecule has 1 aromatic carbocycles. The third-order valence-corrected chi connectivity index (χ3v) is 7.30. The smallest absolute Gasteiger partial charge is 0.191 e. The van der Waals surface area contributed by atoms with Gasteiger partial charge in [-0.05, 0) is 56.9 Å². The number of benzene rings is 1. The van der Waals surface area contributed by atoms with E-state index in [2.05, 4.69) is 31.0 Å². The summed E-state index contributed by atoms with van der Waals surface area (Å²) in [4.78, 5) is 14.7. The van der Waals surface area contributed by atoms with E-state index in [4.69, 9.17) is 15.1 Å². The highest BCUT2D eigenvalue weighted by Gasteiger charge is 2.24. The quantitative estimate of drug-likeness (QED) is 0.380. The Kier molecular flexibility index (Phi) is 5.92.